The molecule has 2 fully saturated rings. The van der Waals surface area contributed by atoms with E-state index in [1.165, 1.54) is 4.68 Å². The van der Waals surface area contributed by atoms with E-state index >= 15 is 0 Å². The lowest BCUT2D eigenvalue weighted by Gasteiger charge is -2.37. The molecule has 0 saturated carbocycles. The number of halogens is 2. The highest BCUT2D eigenvalue weighted by Gasteiger charge is 2.45. The van der Waals surface area contributed by atoms with Gasteiger partial charge in [-0.25, -0.2) is 19.0 Å². The van der Waals surface area contributed by atoms with Crippen LogP contribution in [0.5, 0.6) is 5.75 Å². The SMILES string of the molecule is CCn1ncn(-c2ccc(N3CCN(c4ccc(OC[C@@H]5CO[C@@](Cn6ccnc6)(c6ccc(Cl)cc6Cl)O5)cc4)CC3)cc2)c1=O. The molecule has 3 aromatic carbocycles. The zero-order valence-corrected chi connectivity index (χ0v) is 27.4. The molecular weight excluding hydrogens is 641 g/mol. The molecule has 5 aromatic rings. The van der Waals surface area contributed by atoms with Gasteiger partial charge in [0.2, 0.25) is 5.79 Å². The van der Waals surface area contributed by atoms with Crippen molar-refractivity contribution in [2.24, 2.45) is 0 Å². The topological polar surface area (TPSA) is 91.8 Å². The Morgan fingerprint density at radius 3 is 2.21 bits per heavy atom. The molecule has 0 bridgehead atoms. The summed E-state index contributed by atoms with van der Waals surface area (Å²) < 4.78 is 23.9. The minimum absolute atomic E-state index is 0.130. The molecule has 2 aliphatic rings. The van der Waals surface area contributed by atoms with Crippen molar-refractivity contribution in [3.05, 3.63) is 118 Å². The molecule has 0 spiro atoms. The summed E-state index contributed by atoms with van der Waals surface area (Å²) in [6.45, 7) is 7.07. The maximum Gasteiger partial charge on any atom is 0.350 e. The van der Waals surface area contributed by atoms with E-state index in [0.717, 1.165) is 49.0 Å². The third-order valence-electron chi connectivity index (χ3n) is 8.59. The number of ether oxygens (including phenoxy) is 3. The van der Waals surface area contributed by atoms with Crippen molar-refractivity contribution in [1.82, 2.24) is 23.9 Å². The number of anilines is 2. The van der Waals surface area contributed by atoms with Crippen LogP contribution in [0.1, 0.15) is 12.5 Å². The van der Waals surface area contributed by atoms with Crippen molar-refractivity contribution in [3.8, 4) is 11.4 Å². The van der Waals surface area contributed by atoms with Gasteiger partial charge in [0.15, 0.2) is 0 Å². The van der Waals surface area contributed by atoms with Crippen LogP contribution >= 0.6 is 23.2 Å². The smallest absolute Gasteiger partial charge is 0.350 e. The van der Waals surface area contributed by atoms with Gasteiger partial charge in [-0.15, -0.1) is 0 Å². The van der Waals surface area contributed by atoms with Crippen LogP contribution in [0, 0.1) is 0 Å². The first-order chi connectivity index (χ1) is 22.9. The second-order valence-corrected chi connectivity index (χ2v) is 12.4. The van der Waals surface area contributed by atoms with Crippen LogP contribution in [-0.4, -0.2) is 69.4 Å². The molecule has 7 rings (SSSR count). The molecule has 2 aromatic heterocycles. The third-order valence-corrected chi connectivity index (χ3v) is 9.14. The van der Waals surface area contributed by atoms with E-state index in [1.807, 2.05) is 48.0 Å². The van der Waals surface area contributed by atoms with E-state index in [9.17, 15) is 4.79 Å². The van der Waals surface area contributed by atoms with Crippen molar-refractivity contribution in [2.45, 2.75) is 31.9 Å². The Bertz CT molecular complexity index is 1850. The van der Waals surface area contributed by atoms with E-state index in [0.29, 0.717) is 41.9 Å². The van der Waals surface area contributed by atoms with E-state index in [2.05, 4.69) is 44.1 Å². The van der Waals surface area contributed by atoms with Crippen LogP contribution in [0.4, 0.5) is 11.4 Å². The molecule has 0 unspecified atom stereocenters. The van der Waals surface area contributed by atoms with Crippen LogP contribution in [0.2, 0.25) is 10.0 Å². The Kier molecular flexibility index (Phi) is 8.96. The van der Waals surface area contributed by atoms with Gasteiger partial charge in [-0.2, -0.15) is 5.10 Å². The Morgan fingerprint density at radius 1 is 0.915 bits per heavy atom. The van der Waals surface area contributed by atoms with Crippen molar-refractivity contribution >= 4 is 34.6 Å². The summed E-state index contributed by atoms with van der Waals surface area (Å²) in [5.41, 5.74) is 3.68. The molecule has 13 heteroatoms. The molecule has 4 heterocycles. The van der Waals surface area contributed by atoms with Gasteiger partial charge in [0.05, 0.1) is 30.2 Å². The maximum atomic E-state index is 12.4. The Morgan fingerprint density at radius 2 is 1.60 bits per heavy atom. The molecule has 47 heavy (non-hydrogen) atoms. The van der Waals surface area contributed by atoms with Crippen LogP contribution in [0.25, 0.3) is 5.69 Å². The monoisotopic (exact) mass is 675 g/mol. The second-order valence-electron chi connectivity index (χ2n) is 11.6. The Labute approximate surface area is 282 Å². The van der Waals surface area contributed by atoms with Gasteiger partial charge in [0.1, 0.15) is 24.8 Å². The summed E-state index contributed by atoms with van der Waals surface area (Å²) in [6.07, 6.45) is 6.56. The highest BCUT2D eigenvalue weighted by Crippen LogP contribution is 2.40. The number of benzene rings is 3. The summed E-state index contributed by atoms with van der Waals surface area (Å²) in [6, 6.07) is 21.6. The molecule has 2 saturated heterocycles. The molecule has 11 nitrogen and oxygen atoms in total. The fourth-order valence-corrected chi connectivity index (χ4v) is 6.65. The van der Waals surface area contributed by atoms with Crippen LogP contribution in [-0.2, 0) is 28.4 Å². The lowest BCUT2D eigenvalue weighted by atomic mass is 10.1. The van der Waals surface area contributed by atoms with Crippen LogP contribution in [0.3, 0.4) is 0 Å². The summed E-state index contributed by atoms with van der Waals surface area (Å²) in [5, 5.41) is 5.17. The largest absolute Gasteiger partial charge is 0.491 e. The van der Waals surface area contributed by atoms with Gasteiger partial charge >= 0.3 is 5.69 Å². The fraction of sp³-hybridized carbons (Fsp3) is 0.324. The van der Waals surface area contributed by atoms with E-state index in [-0.39, 0.29) is 11.8 Å². The number of piperazine rings is 1. The number of rotatable bonds is 10. The molecule has 244 valence electrons. The first-order valence-electron chi connectivity index (χ1n) is 15.6. The van der Waals surface area contributed by atoms with Gasteiger partial charge in [-0.05, 0) is 67.6 Å². The predicted molar refractivity (Wildman–Crippen MR) is 181 cm³/mol. The summed E-state index contributed by atoms with van der Waals surface area (Å²) >= 11 is 12.8. The normalized spacial score (nSPS) is 19.8. The van der Waals surface area contributed by atoms with Gasteiger partial charge in [0, 0.05) is 67.1 Å². The number of nitrogens with zero attached hydrogens (tertiary/aromatic N) is 7. The van der Waals surface area contributed by atoms with Gasteiger partial charge in [0.25, 0.3) is 0 Å². The number of aryl methyl sites for hydroxylation is 1. The first-order valence-corrected chi connectivity index (χ1v) is 16.4. The highest BCUT2D eigenvalue weighted by atomic mass is 35.5. The van der Waals surface area contributed by atoms with Crippen molar-refractivity contribution in [3.63, 3.8) is 0 Å². The highest BCUT2D eigenvalue weighted by molar-refractivity contribution is 6.35. The lowest BCUT2D eigenvalue weighted by Crippen LogP contribution is -2.46. The van der Waals surface area contributed by atoms with Gasteiger partial charge in [-0.3, -0.25) is 0 Å². The molecule has 0 N–H and O–H groups in total. The number of hydrogen-bond donors (Lipinski definition) is 0. The summed E-state index contributed by atoms with van der Waals surface area (Å²) in [4.78, 5) is 21.3. The first kappa shape index (κ1) is 31.3. The maximum absolute atomic E-state index is 12.4. The molecule has 0 aliphatic carbocycles. The average molecular weight is 677 g/mol. The Hall–Kier alpha value is -4.29. The molecule has 2 atom stereocenters. The average Bonchev–Trinajstić information content (AvgIpc) is 3.85. The zero-order valence-electron chi connectivity index (χ0n) is 25.9. The van der Waals surface area contributed by atoms with Crippen molar-refractivity contribution in [2.75, 3.05) is 49.2 Å². The van der Waals surface area contributed by atoms with Gasteiger partial charge < -0.3 is 28.6 Å². The quantitative estimate of drug-likeness (QED) is 0.199. The number of hydrogen-bond acceptors (Lipinski definition) is 8. The lowest BCUT2D eigenvalue weighted by molar-refractivity contribution is -0.189. The molecule has 2 aliphatic heterocycles. The van der Waals surface area contributed by atoms with Crippen LogP contribution < -0.4 is 20.2 Å². The molecular formula is C34H35Cl2N7O4. The summed E-state index contributed by atoms with van der Waals surface area (Å²) in [7, 11) is 0. The van der Waals surface area contributed by atoms with Crippen molar-refractivity contribution in [1.29, 1.82) is 0 Å². The fourth-order valence-electron chi connectivity index (χ4n) is 6.10. The predicted octanol–water partition coefficient (Wildman–Crippen LogP) is 5.23. The van der Waals surface area contributed by atoms with E-state index in [4.69, 9.17) is 37.4 Å². The molecule has 0 radical (unpaired) electrons. The Balaban J connectivity index is 0.931. The van der Waals surface area contributed by atoms with E-state index < -0.39 is 5.79 Å². The number of aromatic nitrogens is 5. The second kappa shape index (κ2) is 13.4. The van der Waals surface area contributed by atoms with E-state index in [1.54, 1.807) is 35.6 Å². The standard InChI is InChI=1S/C34H35Cl2N7O4/c1-2-43-33(44)42(24-38-43)28-6-4-26(5-7-28)40-15-17-41(18-16-40)27-8-10-29(11-9-27)45-20-30-21-46-34(47-30,22-39-14-13-37-23-39)31-12-3-25(35)19-32(31)36/h3-14,19,23-24,30H,2,15-18,20-22H2,1H3/t30-,34-/m1/s1. The van der Waals surface area contributed by atoms with Gasteiger partial charge in [-0.1, -0.05) is 29.3 Å². The third kappa shape index (κ3) is 6.62. The minimum atomic E-state index is -1.09. The zero-order chi connectivity index (χ0) is 32.4. The summed E-state index contributed by atoms with van der Waals surface area (Å²) in [5.74, 6) is -0.334. The number of imidazole rings is 1. The van der Waals surface area contributed by atoms with Crippen molar-refractivity contribution < 1.29 is 14.2 Å². The molecule has 0 amide bonds. The minimum Gasteiger partial charge on any atom is -0.491 e. The van der Waals surface area contributed by atoms with Crippen LogP contribution in [0.15, 0.2) is 96.6 Å².